The number of carbonyl (C=O) groups is 2. The molecule has 4 aliphatic rings. The maximum Gasteiger partial charge on any atom is 0.190 e. The number of hydrogen-bond donors (Lipinski definition) is 3. The first-order chi connectivity index (χ1) is 12.5. The average Bonchev–Trinajstić information content (AvgIpc) is 2.88. The molecule has 0 radical (unpaired) electrons. The van der Waals surface area contributed by atoms with Gasteiger partial charge < -0.3 is 15.3 Å². The smallest absolute Gasteiger partial charge is 0.190 e. The minimum atomic E-state index is -1.88. The van der Waals surface area contributed by atoms with Crippen molar-refractivity contribution in [2.24, 2.45) is 22.7 Å². The summed E-state index contributed by atoms with van der Waals surface area (Å²) in [6, 6.07) is 0. The first-order valence-electron chi connectivity index (χ1n) is 10.0. The second kappa shape index (κ2) is 5.71. The molecular weight excluding hydrogens is 351 g/mol. The Labute approximate surface area is 158 Å². The minimum Gasteiger partial charge on any atom is -0.390 e. The Kier molecular flexibility index (Phi) is 4.06. The number of rotatable bonds is 2. The largest absolute Gasteiger partial charge is 0.390 e. The predicted octanol–water partition coefficient (Wildman–Crippen LogP) is 1.87. The zero-order valence-corrected chi connectivity index (χ0v) is 16.0. The number of ketones is 2. The van der Waals surface area contributed by atoms with Gasteiger partial charge in [0, 0.05) is 23.2 Å². The van der Waals surface area contributed by atoms with E-state index in [1.807, 2.05) is 6.92 Å². The number of aliphatic hydroxyl groups excluding tert-OH is 2. The lowest BCUT2D eigenvalue weighted by atomic mass is 9.44. The molecule has 5 nitrogen and oxygen atoms in total. The molecule has 3 fully saturated rings. The standard InChI is InChI=1S/C21H29FO5/c1-18-7-5-13(24)9-12(18)3-4-15-14-6-8-20(27,17(26)11-23)19(14,2)10-16(25)21(15,18)22/h9,14-16,23,25,27H,3-8,10-11H2,1-2H3/t14-,15-,16-,18?,19-,20-,21-/m0/s1. The fourth-order valence-electron chi connectivity index (χ4n) is 7.16. The van der Waals surface area contributed by atoms with Gasteiger partial charge in [-0.1, -0.05) is 19.4 Å². The molecular formula is C21H29FO5. The summed E-state index contributed by atoms with van der Waals surface area (Å²) in [6.45, 7) is 2.83. The molecule has 0 aromatic rings. The van der Waals surface area contributed by atoms with E-state index < -0.39 is 46.5 Å². The zero-order valence-electron chi connectivity index (χ0n) is 16.0. The normalized spacial score (nSPS) is 51.9. The van der Waals surface area contributed by atoms with Gasteiger partial charge in [0.15, 0.2) is 11.6 Å². The van der Waals surface area contributed by atoms with Crippen LogP contribution in [0.1, 0.15) is 58.8 Å². The number of Topliss-reactive ketones (excluding diaryl/α,β-unsaturated/α-hetero) is 1. The van der Waals surface area contributed by atoms with Gasteiger partial charge in [0.25, 0.3) is 0 Å². The van der Waals surface area contributed by atoms with Gasteiger partial charge in [-0.2, -0.15) is 0 Å². The summed E-state index contributed by atoms with van der Waals surface area (Å²) in [7, 11) is 0. The van der Waals surface area contributed by atoms with Crippen molar-refractivity contribution in [1.29, 1.82) is 0 Å². The monoisotopic (exact) mass is 380 g/mol. The van der Waals surface area contributed by atoms with Gasteiger partial charge in [-0.05, 0) is 50.5 Å². The molecule has 3 saturated carbocycles. The Bertz CT molecular complexity index is 734. The number of aliphatic hydroxyl groups is 3. The third-order valence-corrected chi connectivity index (χ3v) is 8.80. The van der Waals surface area contributed by atoms with Crippen LogP contribution in [0, 0.1) is 22.7 Å². The van der Waals surface area contributed by atoms with Crippen LogP contribution in [0.5, 0.6) is 0 Å². The fraction of sp³-hybridized carbons (Fsp3) is 0.810. The number of alkyl halides is 1. The van der Waals surface area contributed by atoms with Gasteiger partial charge in [-0.15, -0.1) is 0 Å². The van der Waals surface area contributed by atoms with Gasteiger partial charge in [0.05, 0.1) is 6.10 Å². The molecule has 1 unspecified atom stereocenters. The van der Waals surface area contributed by atoms with Crippen molar-refractivity contribution in [3.8, 4) is 0 Å². The Morgan fingerprint density at radius 2 is 1.93 bits per heavy atom. The van der Waals surface area contributed by atoms with Crippen LogP contribution in [0.2, 0.25) is 0 Å². The summed E-state index contributed by atoms with van der Waals surface area (Å²) >= 11 is 0. The SMILES string of the molecule is CC12CCC(=O)C=C1CC[C@H]1[C@@H]3CC[C@](O)(C(=O)CO)[C@@]3(C)C[C@H](O)[C@@]12F. The molecule has 150 valence electrons. The minimum absolute atomic E-state index is 0.0171. The predicted molar refractivity (Wildman–Crippen MR) is 95.5 cm³/mol. The van der Waals surface area contributed by atoms with E-state index in [4.69, 9.17) is 0 Å². The van der Waals surface area contributed by atoms with Gasteiger partial charge in [-0.25, -0.2) is 4.39 Å². The van der Waals surface area contributed by atoms with E-state index in [1.165, 1.54) is 0 Å². The molecule has 0 bridgehead atoms. The van der Waals surface area contributed by atoms with Crippen LogP contribution < -0.4 is 0 Å². The van der Waals surface area contributed by atoms with E-state index in [1.54, 1.807) is 13.0 Å². The summed E-state index contributed by atoms with van der Waals surface area (Å²) in [6.07, 6.45) is 2.65. The van der Waals surface area contributed by atoms with Crippen molar-refractivity contribution in [3.63, 3.8) is 0 Å². The van der Waals surface area contributed by atoms with Crippen LogP contribution in [0.15, 0.2) is 11.6 Å². The first-order valence-corrected chi connectivity index (χ1v) is 10.0. The summed E-state index contributed by atoms with van der Waals surface area (Å²) in [4.78, 5) is 24.2. The average molecular weight is 380 g/mol. The molecule has 0 amide bonds. The van der Waals surface area contributed by atoms with Crippen molar-refractivity contribution >= 4 is 11.6 Å². The highest BCUT2D eigenvalue weighted by Gasteiger charge is 2.74. The van der Waals surface area contributed by atoms with Crippen LogP contribution in [0.4, 0.5) is 4.39 Å². The molecule has 6 heteroatoms. The third kappa shape index (κ3) is 2.10. The Hall–Kier alpha value is -1.11. The molecule has 0 spiro atoms. The van der Waals surface area contributed by atoms with E-state index in [9.17, 15) is 24.9 Å². The lowest BCUT2D eigenvalue weighted by Gasteiger charge is -2.63. The van der Waals surface area contributed by atoms with E-state index in [0.717, 1.165) is 5.57 Å². The molecule has 0 aromatic heterocycles. The van der Waals surface area contributed by atoms with Crippen LogP contribution in [0.3, 0.4) is 0 Å². The highest BCUT2D eigenvalue weighted by molar-refractivity contribution is 5.92. The summed E-state index contributed by atoms with van der Waals surface area (Å²) in [5.41, 5.74) is -4.68. The molecule has 27 heavy (non-hydrogen) atoms. The first kappa shape index (κ1) is 19.2. The van der Waals surface area contributed by atoms with Crippen molar-refractivity contribution in [2.75, 3.05) is 6.61 Å². The Morgan fingerprint density at radius 3 is 2.59 bits per heavy atom. The number of allylic oxidation sites excluding steroid dienone is 1. The molecule has 4 aliphatic carbocycles. The second-order valence-corrected chi connectivity index (χ2v) is 9.61. The van der Waals surface area contributed by atoms with Crippen molar-refractivity contribution < 1.29 is 29.3 Å². The molecule has 0 saturated heterocycles. The maximum atomic E-state index is 16.8. The van der Waals surface area contributed by atoms with Gasteiger partial charge >= 0.3 is 0 Å². The van der Waals surface area contributed by atoms with E-state index in [2.05, 4.69) is 0 Å². The van der Waals surface area contributed by atoms with Crippen LogP contribution in [0.25, 0.3) is 0 Å². The highest BCUT2D eigenvalue weighted by Crippen LogP contribution is 2.70. The van der Waals surface area contributed by atoms with E-state index in [0.29, 0.717) is 25.7 Å². The summed E-state index contributed by atoms with van der Waals surface area (Å²) in [5, 5.41) is 31.5. The summed E-state index contributed by atoms with van der Waals surface area (Å²) in [5.74, 6) is -1.36. The number of halogens is 1. The lowest BCUT2D eigenvalue weighted by Crippen LogP contribution is -2.69. The Balaban J connectivity index is 1.80. The number of fused-ring (bicyclic) bond motifs is 5. The van der Waals surface area contributed by atoms with E-state index in [-0.39, 0.29) is 31.0 Å². The molecule has 0 aromatic carbocycles. The quantitative estimate of drug-likeness (QED) is 0.680. The molecule has 7 atom stereocenters. The summed E-state index contributed by atoms with van der Waals surface area (Å²) < 4.78 is 16.8. The molecule has 4 rings (SSSR count). The topological polar surface area (TPSA) is 94.8 Å². The molecule has 0 aliphatic heterocycles. The van der Waals surface area contributed by atoms with E-state index >= 15 is 4.39 Å². The highest BCUT2D eigenvalue weighted by atomic mass is 19.1. The van der Waals surface area contributed by atoms with Crippen LogP contribution in [-0.4, -0.2) is 50.9 Å². The maximum absolute atomic E-state index is 16.8. The van der Waals surface area contributed by atoms with Crippen LogP contribution >= 0.6 is 0 Å². The van der Waals surface area contributed by atoms with Crippen molar-refractivity contribution in [2.45, 2.75) is 76.2 Å². The third-order valence-electron chi connectivity index (χ3n) is 8.80. The number of carbonyl (C=O) groups excluding carboxylic acids is 2. The Morgan fingerprint density at radius 1 is 1.22 bits per heavy atom. The van der Waals surface area contributed by atoms with Crippen molar-refractivity contribution in [1.82, 2.24) is 0 Å². The van der Waals surface area contributed by atoms with Gasteiger partial charge in [0.1, 0.15) is 17.9 Å². The number of hydrogen-bond acceptors (Lipinski definition) is 5. The lowest BCUT2D eigenvalue weighted by molar-refractivity contribution is -0.226. The van der Waals surface area contributed by atoms with Gasteiger partial charge in [-0.3, -0.25) is 9.59 Å². The second-order valence-electron chi connectivity index (χ2n) is 9.61. The van der Waals surface area contributed by atoms with Gasteiger partial charge in [0.2, 0.25) is 0 Å². The molecule has 3 N–H and O–H groups in total. The van der Waals surface area contributed by atoms with Crippen molar-refractivity contribution in [3.05, 3.63) is 11.6 Å². The zero-order chi connectivity index (χ0) is 19.8. The van der Waals surface area contributed by atoms with Crippen LogP contribution in [-0.2, 0) is 9.59 Å². The molecule has 0 heterocycles. The fourth-order valence-corrected chi connectivity index (χ4v) is 7.16.